The Morgan fingerprint density at radius 2 is 2.16 bits per heavy atom. The number of isocyanates is 1. The first-order valence-corrected chi connectivity index (χ1v) is 6.22. The standard InChI is InChI=1S/C12H14N4O.C2H6/c1-3-5-7-11(6-4-2)8-16-9-12(13-10-17)14-15-16;1-2/h3-7,9H,8H2,1-2H3;1-2H3/b5-3-,6-4-,11-7+;. The lowest BCUT2D eigenvalue weighted by Gasteiger charge is -2.00. The summed E-state index contributed by atoms with van der Waals surface area (Å²) in [6, 6.07) is 0. The summed E-state index contributed by atoms with van der Waals surface area (Å²) in [6.07, 6.45) is 12.9. The largest absolute Gasteiger partial charge is 0.246 e. The van der Waals surface area contributed by atoms with Crippen LogP contribution in [0.2, 0.25) is 0 Å². The molecule has 0 amide bonds. The smallest absolute Gasteiger partial charge is 0.242 e. The maximum Gasteiger partial charge on any atom is 0.242 e. The van der Waals surface area contributed by atoms with Crippen LogP contribution < -0.4 is 0 Å². The van der Waals surface area contributed by atoms with Gasteiger partial charge in [-0.3, -0.25) is 0 Å². The van der Waals surface area contributed by atoms with Gasteiger partial charge in [-0.05, 0) is 19.4 Å². The fourth-order valence-corrected chi connectivity index (χ4v) is 1.25. The molecule has 0 radical (unpaired) electrons. The van der Waals surface area contributed by atoms with Crippen LogP contribution in [0.25, 0.3) is 0 Å². The summed E-state index contributed by atoms with van der Waals surface area (Å²) in [5.74, 6) is 0.269. The molecule has 0 aliphatic carbocycles. The molecule has 1 heterocycles. The van der Waals surface area contributed by atoms with Gasteiger partial charge in [0.2, 0.25) is 11.9 Å². The van der Waals surface area contributed by atoms with Crippen molar-refractivity contribution in [2.75, 3.05) is 0 Å². The molecular weight excluding hydrogens is 240 g/mol. The Kier molecular flexibility index (Phi) is 9.57. The molecule has 102 valence electrons. The summed E-state index contributed by atoms with van der Waals surface area (Å²) >= 11 is 0. The van der Waals surface area contributed by atoms with Gasteiger partial charge in [0.15, 0.2) is 0 Å². The molecule has 0 fully saturated rings. The summed E-state index contributed by atoms with van der Waals surface area (Å²) in [4.78, 5) is 13.4. The van der Waals surface area contributed by atoms with E-state index in [1.54, 1.807) is 10.9 Å². The molecule has 0 saturated heterocycles. The summed E-state index contributed by atoms with van der Waals surface area (Å²) in [5.41, 5.74) is 1.08. The summed E-state index contributed by atoms with van der Waals surface area (Å²) in [7, 11) is 0. The predicted molar refractivity (Wildman–Crippen MR) is 76.9 cm³/mol. The highest BCUT2D eigenvalue weighted by Crippen LogP contribution is 2.07. The van der Waals surface area contributed by atoms with E-state index >= 15 is 0 Å². The van der Waals surface area contributed by atoms with E-state index in [-0.39, 0.29) is 5.82 Å². The minimum atomic E-state index is 0.269. The van der Waals surface area contributed by atoms with Crippen molar-refractivity contribution in [3.63, 3.8) is 0 Å². The van der Waals surface area contributed by atoms with Gasteiger partial charge in [-0.2, -0.15) is 0 Å². The van der Waals surface area contributed by atoms with Crippen LogP contribution in [0.5, 0.6) is 0 Å². The second-order valence-corrected chi connectivity index (χ2v) is 3.24. The Labute approximate surface area is 114 Å². The Bertz CT molecular complexity index is 491. The lowest BCUT2D eigenvalue weighted by molar-refractivity contribution is 0.565. The first kappa shape index (κ1) is 16.7. The van der Waals surface area contributed by atoms with Crippen molar-refractivity contribution in [1.82, 2.24) is 15.0 Å². The lowest BCUT2D eigenvalue weighted by atomic mass is 10.2. The average Bonchev–Trinajstić information content (AvgIpc) is 2.86. The Morgan fingerprint density at radius 3 is 2.74 bits per heavy atom. The second kappa shape index (κ2) is 10.9. The highest BCUT2D eigenvalue weighted by molar-refractivity contribution is 5.42. The maximum atomic E-state index is 10.0. The van der Waals surface area contributed by atoms with Gasteiger partial charge in [0.25, 0.3) is 0 Å². The lowest BCUT2D eigenvalue weighted by Crippen LogP contribution is -2.00. The minimum absolute atomic E-state index is 0.269. The van der Waals surface area contributed by atoms with Crippen LogP contribution in [-0.2, 0) is 11.3 Å². The molecule has 1 rings (SSSR count). The molecule has 0 aromatic carbocycles. The van der Waals surface area contributed by atoms with Crippen LogP contribution in [-0.4, -0.2) is 21.1 Å². The third kappa shape index (κ3) is 6.91. The van der Waals surface area contributed by atoms with E-state index in [0.717, 1.165) is 5.57 Å². The molecule has 0 N–H and O–H groups in total. The van der Waals surface area contributed by atoms with Crippen LogP contribution in [0.4, 0.5) is 5.82 Å². The van der Waals surface area contributed by atoms with Crippen LogP contribution in [0.1, 0.15) is 27.7 Å². The molecule has 1 aromatic heterocycles. The van der Waals surface area contributed by atoms with Gasteiger partial charge in [-0.1, -0.05) is 49.4 Å². The van der Waals surface area contributed by atoms with E-state index in [1.807, 2.05) is 58.1 Å². The van der Waals surface area contributed by atoms with Gasteiger partial charge >= 0.3 is 0 Å². The molecule has 0 unspecified atom stereocenters. The molecule has 0 aliphatic rings. The zero-order valence-electron chi connectivity index (χ0n) is 11.9. The van der Waals surface area contributed by atoms with E-state index < -0.39 is 0 Å². The number of nitrogens with zero attached hydrogens (tertiary/aromatic N) is 4. The van der Waals surface area contributed by atoms with Crippen molar-refractivity contribution in [2.24, 2.45) is 4.99 Å². The Morgan fingerprint density at radius 1 is 1.42 bits per heavy atom. The number of hydrogen-bond donors (Lipinski definition) is 0. The topological polar surface area (TPSA) is 60.1 Å². The number of carbonyl (C=O) groups excluding carboxylic acids is 1. The third-order valence-corrected chi connectivity index (χ3v) is 1.91. The summed E-state index contributed by atoms with van der Waals surface area (Å²) in [5, 5.41) is 7.57. The fraction of sp³-hybridized carbons (Fsp3) is 0.357. The van der Waals surface area contributed by atoms with Crippen LogP contribution >= 0.6 is 0 Å². The first-order valence-electron chi connectivity index (χ1n) is 6.22. The van der Waals surface area contributed by atoms with E-state index in [2.05, 4.69) is 15.3 Å². The van der Waals surface area contributed by atoms with Gasteiger partial charge in [0, 0.05) is 0 Å². The number of aromatic nitrogens is 3. The highest BCUT2D eigenvalue weighted by Gasteiger charge is 1.99. The van der Waals surface area contributed by atoms with Crippen LogP contribution in [0, 0.1) is 0 Å². The molecule has 19 heavy (non-hydrogen) atoms. The molecule has 0 aliphatic heterocycles. The van der Waals surface area contributed by atoms with E-state index in [4.69, 9.17) is 0 Å². The van der Waals surface area contributed by atoms with Gasteiger partial charge < -0.3 is 0 Å². The highest BCUT2D eigenvalue weighted by atomic mass is 16.1. The number of hydrogen-bond acceptors (Lipinski definition) is 4. The zero-order valence-corrected chi connectivity index (χ0v) is 11.9. The molecule has 5 heteroatoms. The third-order valence-electron chi connectivity index (χ3n) is 1.91. The number of aliphatic imine (C=N–C) groups is 1. The fourth-order valence-electron chi connectivity index (χ4n) is 1.25. The van der Waals surface area contributed by atoms with Crippen molar-refractivity contribution >= 4 is 11.9 Å². The molecule has 0 spiro atoms. The van der Waals surface area contributed by atoms with Gasteiger partial charge in [0.1, 0.15) is 0 Å². The summed E-state index contributed by atoms with van der Waals surface area (Å²) in [6.45, 7) is 8.49. The summed E-state index contributed by atoms with van der Waals surface area (Å²) < 4.78 is 1.62. The monoisotopic (exact) mass is 260 g/mol. The van der Waals surface area contributed by atoms with E-state index in [1.165, 1.54) is 6.08 Å². The second-order valence-electron chi connectivity index (χ2n) is 3.24. The predicted octanol–water partition coefficient (Wildman–Crippen LogP) is 3.35. The minimum Gasteiger partial charge on any atom is -0.246 e. The molecular formula is C14H20N4O. The van der Waals surface area contributed by atoms with Crippen molar-refractivity contribution in [1.29, 1.82) is 0 Å². The van der Waals surface area contributed by atoms with Crippen LogP contribution in [0.15, 0.2) is 47.1 Å². The normalized spacial score (nSPS) is 11.3. The van der Waals surface area contributed by atoms with Gasteiger partial charge in [-0.25, -0.2) is 9.48 Å². The number of allylic oxidation sites excluding steroid dienone is 6. The van der Waals surface area contributed by atoms with E-state index in [9.17, 15) is 4.79 Å². The average molecular weight is 260 g/mol. The molecule has 5 nitrogen and oxygen atoms in total. The van der Waals surface area contributed by atoms with Crippen LogP contribution in [0.3, 0.4) is 0 Å². The van der Waals surface area contributed by atoms with Crippen molar-refractivity contribution < 1.29 is 4.79 Å². The first-order chi connectivity index (χ1) is 9.30. The van der Waals surface area contributed by atoms with Crippen molar-refractivity contribution in [3.8, 4) is 0 Å². The SMILES string of the molecule is CC.C\C=C/C=C(\C=C/C)Cn1cc(N=C=O)nn1. The molecule has 0 bridgehead atoms. The van der Waals surface area contributed by atoms with E-state index in [0.29, 0.717) is 6.54 Å². The quantitative estimate of drug-likeness (QED) is 0.463. The van der Waals surface area contributed by atoms with Crippen molar-refractivity contribution in [3.05, 3.63) is 42.2 Å². The van der Waals surface area contributed by atoms with Gasteiger partial charge in [-0.15, -0.1) is 10.1 Å². The Hall–Kier alpha value is -2.26. The zero-order chi connectivity index (χ0) is 14.5. The maximum absolute atomic E-state index is 10.0. The number of rotatable bonds is 5. The molecule has 1 aromatic rings. The van der Waals surface area contributed by atoms with Crippen molar-refractivity contribution in [2.45, 2.75) is 34.2 Å². The van der Waals surface area contributed by atoms with Gasteiger partial charge in [0.05, 0.1) is 12.7 Å². The molecule has 0 atom stereocenters. The molecule has 0 saturated carbocycles. The Balaban J connectivity index is 0.00000154.